The molecule has 2 aliphatic rings. The van der Waals surface area contributed by atoms with Crippen LogP contribution in [0.1, 0.15) is 25.7 Å². The second kappa shape index (κ2) is 10.0. The SMILES string of the molecule is Cl.Cl.O=C(CCC1CCNC1)N1CCC(Nc2ccccc2)C1. The van der Waals surface area contributed by atoms with Gasteiger partial charge in [-0.2, -0.15) is 0 Å². The molecule has 0 aliphatic carbocycles. The van der Waals surface area contributed by atoms with Crippen molar-refractivity contribution in [2.24, 2.45) is 5.92 Å². The van der Waals surface area contributed by atoms with E-state index >= 15 is 0 Å². The highest BCUT2D eigenvalue weighted by atomic mass is 35.5. The minimum Gasteiger partial charge on any atom is -0.380 e. The topological polar surface area (TPSA) is 44.4 Å². The van der Waals surface area contributed by atoms with Gasteiger partial charge in [0, 0.05) is 31.2 Å². The van der Waals surface area contributed by atoms with Crippen LogP contribution in [0.15, 0.2) is 30.3 Å². The average molecular weight is 360 g/mol. The Hall–Kier alpha value is -0.970. The second-order valence-corrected chi connectivity index (χ2v) is 6.23. The van der Waals surface area contributed by atoms with E-state index in [-0.39, 0.29) is 24.8 Å². The maximum Gasteiger partial charge on any atom is 0.222 e. The third kappa shape index (κ3) is 5.87. The van der Waals surface area contributed by atoms with E-state index in [1.807, 2.05) is 23.1 Å². The van der Waals surface area contributed by atoms with Crippen LogP contribution in [-0.2, 0) is 4.79 Å². The van der Waals surface area contributed by atoms with Crippen molar-refractivity contribution < 1.29 is 4.79 Å². The monoisotopic (exact) mass is 359 g/mol. The molecule has 23 heavy (non-hydrogen) atoms. The molecule has 1 aromatic rings. The molecule has 0 spiro atoms. The Morgan fingerprint density at radius 2 is 2.00 bits per heavy atom. The van der Waals surface area contributed by atoms with Crippen LogP contribution in [0, 0.1) is 5.92 Å². The van der Waals surface area contributed by atoms with E-state index in [2.05, 4.69) is 22.8 Å². The zero-order valence-electron chi connectivity index (χ0n) is 13.4. The summed E-state index contributed by atoms with van der Waals surface area (Å²) < 4.78 is 0. The first-order chi connectivity index (χ1) is 10.3. The van der Waals surface area contributed by atoms with Crippen LogP contribution < -0.4 is 10.6 Å². The molecule has 0 saturated carbocycles. The summed E-state index contributed by atoms with van der Waals surface area (Å²) in [5, 5.41) is 6.88. The molecule has 4 nitrogen and oxygen atoms in total. The summed E-state index contributed by atoms with van der Waals surface area (Å²) in [6, 6.07) is 10.7. The molecular weight excluding hydrogens is 333 g/mol. The van der Waals surface area contributed by atoms with Crippen molar-refractivity contribution in [3.8, 4) is 0 Å². The smallest absolute Gasteiger partial charge is 0.222 e. The summed E-state index contributed by atoms with van der Waals surface area (Å²) in [5.41, 5.74) is 1.15. The van der Waals surface area contributed by atoms with Crippen molar-refractivity contribution in [1.29, 1.82) is 0 Å². The number of benzene rings is 1. The molecule has 0 aromatic heterocycles. The Morgan fingerprint density at radius 3 is 2.70 bits per heavy atom. The Balaban J connectivity index is 0.00000132. The number of likely N-dealkylation sites (tertiary alicyclic amines) is 1. The lowest BCUT2D eigenvalue weighted by atomic mass is 10.0. The summed E-state index contributed by atoms with van der Waals surface area (Å²) in [7, 11) is 0. The average Bonchev–Trinajstić information content (AvgIpc) is 3.17. The summed E-state index contributed by atoms with van der Waals surface area (Å²) in [4.78, 5) is 14.3. The molecule has 2 unspecified atom stereocenters. The molecule has 0 radical (unpaired) electrons. The highest BCUT2D eigenvalue weighted by Gasteiger charge is 2.26. The Bertz CT molecular complexity index is 466. The van der Waals surface area contributed by atoms with Gasteiger partial charge < -0.3 is 15.5 Å². The van der Waals surface area contributed by atoms with Crippen LogP contribution in [0.3, 0.4) is 0 Å². The van der Waals surface area contributed by atoms with Crippen molar-refractivity contribution in [1.82, 2.24) is 10.2 Å². The molecule has 2 N–H and O–H groups in total. The fourth-order valence-corrected chi connectivity index (χ4v) is 3.32. The van der Waals surface area contributed by atoms with Crippen molar-refractivity contribution in [3.05, 3.63) is 30.3 Å². The number of hydrogen-bond acceptors (Lipinski definition) is 3. The second-order valence-electron chi connectivity index (χ2n) is 6.23. The zero-order chi connectivity index (χ0) is 14.5. The van der Waals surface area contributed by atoms with Gasteiger partial charge in [0.2, 0.25) is 5.91 Å². The number of hydrogen-bond donors (Lipinski definition) is 2. The lowest BCUT2D eigenvalue weighted by Gasteiger charge is -2.18. The van der Waals surface area contributed by atoms with Gasteiger partial charge in [-0.3, -0.25) is 4.79 Å². The molecule has 6 heteroatoms. The van der Waals surface area contributed by atoms with Gasteiger partial charge in [0.15, 0.2) is 0 Å². The number of nitrogens with one attached hydrogen (secondary N) is 2. The Kier molecular flexibility index (Phi) is 8.74. The molecular formula is C17H27Cl2N3O. The minimum absolute atomic E-state index is 0. The molecule has 1 amide bonds. The highest BCUT2D eigenvalue weighted by molar-refractivity contribution is 5.85. The molecule has 2 atom stereocenters. The van der Waals surface area contributed by atoms with Gasteiger partial charge in [-0.05, 0) is 50.4 Å². The number of anilines is 1. The van der Waals surface area contributed by atoms with Crippen LogP contribution in [0.2, 0.25) is 0 Å². The van der Waals surface area contributed by atoms with Crippen LogP contribution in [0.5, 0.6) is 0 Å². The van der Waals surface area contributed by atoms with Crippen LogP contribution in [0.25, 0.3) is 0 Å². The summed E-state index contributed by atoms with van der Waals surface area (Å²) >= 11 is 0. The van der Waals surface area contributed by atoms with E-state index in [1.54, 1.807) is 0 Å². The molecule has 3 rings (SSSR count). The lowest BCUT2D eigenvalue weighted by Crippen LogP contribution is -2.31. The van der Waals surface area contributed by atoms with Gasteiger partial charge in [-0.25, -0.2) is 0 Å². The van der Waals surface area contributed by atoms with Gasteiger partial charge in [0.25, 0.3) is 0 Å². The van der Waals surface area contributed by atoms with Gasteiger partial charge in [-0.15, -0.1) is 24.8 Å². The number of para-hydroxylation sites is 1. The van der Waals surface area contributed by atoms with Gasteiger partial charge in [0.1, 0.15) is 0 Å². The third-order valence-corrected chi connectivity index (χ3v) is 4.61. The van der Waals surface area contributed by atoms with E-state index in [1.165, 1.54) is 6.42 Å². The molecule has 1 aromatic carbocycles. The quantitative estimate of drug-likeness (QED) is 0.849. The molecule has 2 aliphatic heterocycles. The van der Waals surface area contributed by atoms with E-state index in [9.17, 15) is 4.79 Å². The predicted octanol–water partition coefficient (Wildman–Crippen LogP) is 2.93. The normalized spacial score (nSPS) is 23.0. The first kappa shape index (κ1) is 20.1. The number of carbonyl (C=O) groups excluding carboxylic acids is 1. The molecule has 2 fully saturated rings. The largest absolute Gasteiger partial charge is 0.380 e. The first-order valence-corrected chi connectivity index (χ1v) is 8.11. The van der Waals surface area contributed by atoms with Crippen LogP contribution in [0.4, 0.5) is 5.69 Å². The van der Waals surface area contributed by atoms with Crippen LogP contribution >= 0.6 is 24.8 Å². The molecule has 0 bridgehead atoms. The summed E-state index contributed by atoms with van der Waals surface area (Å²) in [6.07, 6.45) is 4.03. The van der Waals surface area contributed by atoms with E-state index in [0.717, 1.165) is 44.7 Å². The van der Waals surface area contributed by atoms with Crippen molar-refractivity contribution >= 4 is 36.4 Å². The summed E-state index contributed by atoms with van der Waals surface area (Å²) in [5.74, 6) is 1.04. The Labute approximate surface area is 151 Å². The third-order valence-electron chi connectivity index (χ3n) is 4.61. The predicted molar refractivity (Wildman–Crippen MR) is 99.8 cm³/mol. The van der Waals surface area contributed by atoms with Crippen molar-refractivity contribution in [2.75, 3.05) is 31.5 Å². The minimum atomic E-state index is 0. The fraction of sp³-hybridized carbons (Fsp3) is 0.588. The maximum atomic E-state index is 12.3. The highest BCUT2D eigenvalue weighted by Crippen LogP contribution is 2.19. The number of rotatable bonds is 5. The number of amides is 1. The number of carbonyl (C=O) groups is 1. The molecule has 130 valence electrons. The van der Waals surface area contributed by atoms with Gasteiger partial charge in [0.05, 0.1) is 0 Å². The fourth-order valence-electron chi connectivity index (χ4n) is 3.32. The lowest BCUT2D eigenvalue weighted by molar-refractivity contribution is -0.130. The van der Waals surface area contributed by atoms with Crippen LogP contribution in [-0.4, -0.2) is 43.0 Å². The Morgan fingerprint density at radius 1 is 1.22 bits per heavy atom. The van der Waals surface area contributed by atoms with Crippen molar-refractivity contribution in [3.63, 3.8) is 0 Å². The van der Waals surface area contributed by atoms with E-state index in [0.29, 0.717) is 24.3 Å². The van der Waals surface area contributed by atoms with Gasteiger partial charge in [-0.1, -0.05) is 18.2 Å². The molecule has 2 heterocycles. The number of nitrogens with zero attached hydrogens (tertiary/aromatic N) is 1. The zero-order valence-corrected chi connectivity index (χ0v) is 15.0. The van der Waals surface area contributed by atoms with Crippen molar-refractivity contribution in [2.45, 2.75) is 31.7 Å². The first-order valence-electron chi connectivity index (χ1n) is 8.11. The molecule has 2 saturated heterocycles. The summed E-state index contributed by atoms with van der Waals surface area (Å²) in [6.45, 7) is 3.94. The number of halogens is 2. The van der Waals surface area contributed by atoms with E-state index < -0.39 is 0 Å². The van der Waals surface area contributed by atoms with E-state index in [4.69, 9.17) is 0 Å². The standard InChI is InChI=1S/C17H25N3O.2ClH/c21-17(7-6-14-8-10-18-12-14)20-11-9-16(13-20)19-15-4-2-1-3-5-15;;/h1-5,14,16,18-19H,6-13H2;2*1H. The van der Waals surface area contributed by atoms with Gasteiger partial charge >= 0.3 is 0 Å². The maximum absolute atomic E-state index is 12.3.